The summed E-state index contributed by atoms with van der Waals surface area (Å²) in [7, 11) is -4.02. The van der Waals surface area contributed by atoms with Crippen LogP contribution < -0.4 is 5.73 Å². The highest BCUT2D eigenvalue weighted by Gasteiger charge is 2.21. The molecule has 7 heteroatoms. The Kier molecular flexibility index (Phi) is 5.24. The van der Waals surface area contributed by atoms with Crippen LogP contribution in [0.5, 0.6) is 0 Å². The maximum absolute atomic E-state index is 10.5. The van der Waals surface area contributed by atoms with Crippen molar-refractivity contribution in [3.05, 3.63) is 29.8 Å². The van der Waals surface area contributed by atoms with E-state index < -0.39 is 16.2 Å². The fourth-order valence-corrected chi connectivity index (χ4v) is 1.75. The normalized spacial score (nSPS) is 23.3. The zero-order chi connectivity index (χ0) is 13.8. The Morgan fingerprint density at radius 1 is 1.28 bits per heavy atom. The number of aryl methyl sites for hydroxylation is 1. The number of ether oxygens (including phenoxy) is 1. The van der Waals surface area contributed by atoms with E-state index in [2.05, 4.69) is 0 Å². The highest BCUT2D eigenvalue weighted by atomic mass is 32.2. The average molecular weight is 275 g/mol. The standard InChI is InChI=1S/C7H8O3S.C4H9NO2/c1-6-2-4-7(5-3-6)11(8,9)10;5-3-1-7-2-4(3)6/h2-5H,1H3,(H,8,9,10);3-4,6H,1-2,5H2. The van der Waals surface area contributed by atoms with Gasteiger partial charge in [0.2, 0.25) is 0 Å². The van der Waals surface area contributed by atoms with E-state index in [1.807, 2.05) is 6.92 Å². The summed E-state index contributed by atoms with van der Waals surface area (Å²) in [4.78, 5) is -0.0666. The van der Waals surface area contributed by atoms with Gasteiger partial charge in [0.25, 0.3) is 10.1 Å². The first kappa shape index (κ1) is 15.1. The quantitative estimate of drug-likeness (QED) is 0.620. The van der Waals surface area contributed by atoms with Crippen LogP contribution in [-0.4, -0.2) is 43.4 Å². The number of hydrogen-bond donors (Lipinski definition) is 3. The van der Waals surface area contributed by atoms with E-state index in [0.29, 0.717) is 13.2 Å². The molecule has 1 heterocycles. The second kappa shape index (κ2) is 6.26. The molecule has 1 aromatic rings. The van der Waals surface area contributed by atoms with Gasteiger partial charge in [-0.1, -0.05) is 17.7 Å². The summed E-state index contributed by atoms with van der Waals surface area (Å²) in [6, 6.07) is 5.83. The Morgan fingerprint density at radius 3 is 2.11 bits per heavy atom. The molecular weight excluding hydrogens is 258 g/mol. The topological polar surface area (TPSA) is 110 Å². The van der Waals surface area contributed by atoms with Crippen molar-refractivity contribution in [3.63, 3.8) is 0 Å². The van der Waals surface area contributed by atoms with Crippen molar-refractivity contribution in [2.24, 2.45) is 5.73 Å². The van der Waals surface area contributed by atoms with Gasteiger partial charge < -0.3 is 15.6 Å². The van der Waals surface area contributed by atoms with Crippen LogP contribution in [0.4, 0.5) is 0 Å². The first-order valence-electron chi connectivity index (χ1n) is 5.36. The average Bonchev–Trinajstić information content (AvgIpc) is 2.63. The predicted octanol–water partition coefficient (Wildman–Crippen LogP) is -0.0535. The van der Waals surface area contributed by atoms with Crippen LogP contribution in [0.15, 0.2) is 29.2 Å². The minimum absolute atomic E-state index is 0.0666. The fourth-order valence-electron chi connectivity index (χ4n) is 1.27. The highest BCUT2D eigenvalue weighted by Crippen LogP contribution is 2.08. The zero-order valence-electron chi connectivity index (χ0n) is 9.98. The molecule has 0 radical (unpaired) electrons. The molecule has 0 aromatic heterocycles. The third-order valence-corrected chi connectivity index (χ3v) is 3.28. The van der Waals surface area contributed by atoms with Gasteiger partial charge in [0.1, 0.15) is 0 Å². The summed E-state index contributed by atoms with van der Waals surface area (Å²) in [5, 5.41) is 8.75. The van der Waals surface area contributed by atoms with Crippen molar-refractivity contribution >= 4 is 10.1 Å². The number of nitrogens with two attached hydrogens (primary N) is 1. The van der Waals surface area contributed by atoms with E-state index in [-0.39, 0.29) is 10.9 Å². The largest absolute Gasteiger partial charge is 0.389 e. The molecule has 1 saturated heterocycles. The summed E-state index contributed by atoms with van der Waals surface area (Å²) in [6.07, 6.45) is -0.431. The summed E-state index contributed by atoms with van der Waals surface area (Å²) < 4.78 is 34.3. The number of aliphatic hydroxyl groups is 1. The summed E-state index contributed by atoms with van der Waals surface area (Å²) in [5.74, 6) is 0. The number of benzene rings is 1. The van der Waals surface area contributed by atoms with E-state index in [4.69, 9.17) is 20.1 Å². The number of rotatable bonds is 1. The molecule has 18 heavy (non-hydrogen) atoms. The Balaban J connectivity index is 0.000000199. The van der Waals surface area contributed by atoms with Crippen molar-refractivity contribution in [1.29, 1.82) is 0 Å². The van der Waals surface area contributed by atoms with Crippen LogP contribution in [0.3, 0.4) is 0 Å². The molecule has 1 fully saturated rings. The van der Waals surface area contributed by atoms with Crippen molar-refractivity contribution in [3.8, 4) is 0 Å². The number of hydrogen-bond acceptors (Lipinski definition) is 5. The Hall–Kier alpha value is -0.990. The maximum Gasteiger partial charge on any atom is 0.294 e. The van der Waals surface area contributed by atoms with Gasteiger partial charge in [0, 0.05) is 0 Å². The molecule has 4 N–H and O–H groups in total. The molecule has 2 rings (SSSR count). The fraction of sp³-hybridized carbons (Fsp3) is 0.455. The van der Waals surface area contributed by atoms with Gasteiger partial charge >= 0.3 is 0 Å². The molecule has 0 amide bonds. The molecule has 0 spiro atoms. The highest BCUT2D eigenvalue weighted by molar-refractivity contribution is 7.85. The summed E-state index contributed by atoms with van der Waals surface area (Å²) in [5.41, 5.74) is 6.26. The SMILES string of the molecule is Cc1ccc(S(=O)(=O)O)cc1.NC1COCC1O. The predicted molar refractivity (Wildman–Crippen MR) is 65.8 cm³/mol. The Labute approximate surface area is 106 Å². The van der Waals surface area contributed by atoms with Crippen LogP contribution in [-0.2, 0) is 14.9 Å². The van der Waals surface area contributed by atoms with Crippen LogP contribution >= 0.6 is 0 Å². The number of aliphatic hydroxyl groups excluding tert-OH is 1. The molecule has 102 valence electrons. The van der Waals surface area contributed by atoms with E-state index >= 15 is 0 Å². The zero-order valence-corrected chi connectivity index (χ0v) is 10.8. The van der Waals surface area contributed by atoms with E-state index in [0.717, 1.165) is 5.56 Å². The lowest BCUT2D eigenvalue weighted by Crippen LogP contribution is -2.32. The molecule has 2 atom stereocenters. The van der Waals surface area contributed by atoms with Crippen LogP contribution in [0, 0.1) is 6.92 Å². The smallest absolute Gasteiger partial charge is 0.294 e. The molecule has 6 nitrogen and oxygen atoms in total. The minimum atomic E-state index is -4.02. The Bertz CT molecular complexity index is 463. The van der Waals surface area contributed by atoms with Crippen LogP contribution in [0.25, 0.3) is 0 Å². The summed E-state index contributed by atoms with van der Waals surface area (Å²) in [6.45, 7) is 2.75. The monoisotopic (exact) mass is 275 g/mol. The van der Waals surface area contributed by atoms with Gasteiger partial charge in [-0.2, -0.15) is 8.42 Å². The van der Waals surface area contributed by atoms with E-state index in [1.165, 1.54) is 12.1 Å². The second-order valence-corrected chi connectivity index (χ2v) is 5.48. The molecule has 1 aliphatic heterocycles. The third-order valence-electron chi connectivity index (χ3n) is 2.41. The second-order valence-electron chi connectivity index (χ2n) is 4.06. The minimum Gasteiger partial charge on any atom is -0.389 e. The first-order chi connectivity index (χ1) is 8.30. The van der Waals surface area contributed by atoms with Crippen molar-refractivity contribution in [2.45, 2.75) is 24.0 Å². The lowest BCUT2D eigenvalue weighted by atomic mass is 10.2. The van der Waals surface area contributed by atoms with Gasteiger partial charge in [0.05, 0.1) is 30.3 Å². The molecule has 0 bridgehead atoms. The molecule has 2 unspecified atom stereocenters. The van der Waals surface area contributed by atoms with Gasteiger partial charge in [-0.3, -0.25) is 4.55 Å². The summed E-state index contributed by atoms with van der Waals surface area (Å²) >= 11 is 0. The van der Waals surface area contributed by atoms with E-state index in [9.17, 15) is 8.42 Å². The van der Waals surface area contributed by atoms with Gasteiger partial charge in [-0.05, 0) is 19.1 Å². The van der Waals surface area contributed by atoms with E-state index in [1.54, 1.807) is 12.1 Å². The lowest BCUT2D eigenvalue weighted by Gasteiger charge is -2.01. The van der Waals surface area contributed by atoms with Crippen molar-refractivity contribution in [1.82, 2.24) is 0 Å². The first-order valence-corrected chi connectivity index (χ1v) is 6.80. The van der Waals surface area contributed by atoms with Crippen LogP contribution in [0.1, 0.15) is 5.56 Å². The lowest BCUT2D eigenvalue weighted by molar-refractivity contribution is 0.125. The molecule has 1 aliphatic rings. The Morgan fingerprint density at radius 2 is 1.83 bits per heavy atom. The molecular formula is C11H17NO5S. The third kappa shape index (κ3) is 4.71. The van der Waals surface area contributed by atoms with Gasteiger partial charge in [-0.15, -0.1) is 0 Å². The van der Waals surface area contributed by atoms with Gasteiger partial charge in [0.15, 0.2) is 0 Å². The molecule has 0 saturated carbocycles. The maximum atomic E-state index is 10.5. The van der Waals surface area contributed by atoms with Crippen molar-refractivity contribution < 1.29 is 22.8 Å². The van der Waals surface area contributed by atoms with Gasteiger partial charge in [-0.25, -0.2) is 0 Å². The molecule has 0 aliphatic carbocycles. The van der Waals surface area contributed by atoms with Crippen molar-refractivity contribution in [2.75, 3.05) is 13.2 Å². The molecule has 1 aromatic carbocycles. The van der Waals surface area contributed by atoms with Crippen LogP contribution in [0.2, 0.25) is 0 Å².